The molecule has 92 valence electrons. The summed E-state index contributed by atoms with van der Waals surface area (Å²) in [6, 6.07) is 1.94. The van der Waals surface area contributed by atoms with Gasteiger partial charge in [0.1, 0.15) is 0 Å². The van der Waals surface area contributed by atoms with Gasteiger partial charge in [-0.1, -0.05) is 0 Å². The molecule has 1 atom stereocenters. The predicted octanol–water partition coefficient (Wildman–Crippen LogP) is 1.60. The monoisotopic (exact) mass is 297 g/mol. The van der Waals surface area contributed by atoms with Gasteiger partial charge in [-0.15, -0.1) is 0 Å². The Kier molecular flexibility index (Phi) is 4.50. The molecule has 2 N–H and O–H groups in total. The molecule has 0 radical (unpaired) electrons. The molecule has 0 spiro atoms. The molecule has 1 aromatic heterocycles. The van der Waals surface area contributed by atoms with Crippen molar-refractivity contribution >= 4 is 21.8 Å². The molecule has 1 unspecified atom stereocenters. The molecule has 1 aliphatic heterocycles. The van der Waals surface area contributed by atoms with Crippen LogP contribution in [0.25, 0.3) is 0 Å². The number of amides is 1. The van der Waals surface area contributed by atoms with Crippen LogP contribution >= 0.6 is 15.9 Å². The molecule has 2 rings (SSSR count). The van der Waals surface area contributed by atoms with Gasteiger partial charge in [-0.3, -0.25) is 9.78 Å². The van der Waals surface area contributed by atoms with Crippen LogP contribution in [-0.4, -0.2) is 23.5 Å². The molecule has 0 aromatic carbocycles. The van der Waals surface area contributed by atoms with Crippen LogP contribution in [0.1, 0.15) is 24.8 Å². The summed E-state index contributed by atoms with van der Waals surface area (Å²) in [5, 5.41) is 6.20. The van der Waals surface area contributed by atoms with Crippen molar-refractivity contribution in [2.75, 3.05) is 6.54 Å². The Hall–Kier alpha value is -0.940. The Labute approximate surface area is 109 Å². The zero-order valence-corrected chi connectivity index (χ0v) is 11.2. The highest BCUT2D eigenvalue weighted by Crippen LogP contribution is 2.10. The minimum absolute atomic E-state index is 0.0727. The van der Waals surface area contributed by atoms with Gasteiger partial charge in [0.25, 0.3) is 0 Å². The Morgan fingerprint density at radius 2 is 2.35 bits per heavy atom. The second-order valence-corrected chi connectivity index (χ2v) is 5.15. The van der Waals surface area contributed by atoms with Gasteiger partial charge in [0.05, 0.1) is 6.04 Å². The minimum Gasteiger partial charge on any atom is -0.355 e. The first-order valence-corrected chi connectivity index (χ1v) is 6.65. The lowest BCUT2D eigenvalue weighted by Crippen LogP contribution is -2.42. The third-order valence-corrected chi connectivity index (χ3v) is 3.28. The second kappa shape index (κ2) is 6.12. The number of hydrogen-bond donors (Lipinski definition) is 2. The van der Waals surface area contributed by atoms with Crippen LogP contribution in [-0.2, 0) is 11.3 Å². The van der Waals surface area contributed by atoms with E-state index in [-0.39, 0.29) is 11.9 Å². The Morgan fingerprint density at radius 3 is 3.18 bits per heavy atom. The van der Waals surface area contributed by atoms with Crippen molar-refractivity contribution in [2.24, 2.45) is 0 Å². The highest BCUT2D eigenvalue weighted by Gasteiger charge is 2.19. The highest BCUT2D eigenvalue weighted by atomic mass is 79.9. The van der Waals surface area contributed by atoms with E-state index in [0.29, 0.717) is 6.54 Å². The maximum atomic E-state index is 11.7. The molecule has 1 saturated heterocycles. The molecular formula is C12H16BrN3O. The SMILES string of the molecule is O=C1NCCCCC1NCc1cncc(Br)c1. The lowest BCUT2D eigenvalue weighted by atomic mass is 10.1. The molecular weight excluding hydrogens is 282 g/mol. The van der Waals surface area contributed by atoms with Gasteiger partial charge < -0.3 is 10.6 Å². The van der Waals surface area contributed by atoms with Crippen molar-refractivity contribution in [3.05, 3.63) is 28.5 Å². The Bertz CT molecular complexity index is 397. The van der Waals surface area contributed by atoms with Crippen molar-refractivity contribution in [1.82, 2.24) is 15.6 Å². The van der Waals surface area contributed by atoms with Gasteiger partial charge in [-0.25, -0.2) is 0 Å². The second-order valence-electron chi connectivity index (χ2n) is 4.23. The van der Waals surface area contributed by atoms with E-state index in [0.717, 1.165) is 35.8 Å². The van der Waals surface area contributed by atoms with Crippen molar-refractivity contribution in [1.29, 1.82) is 0 Å². The average Bonchev–Trinajstić information content (AvgIpc) is 2.52. The number of carbonyl (C=O) groups excluding carboxylic acids is 1. The number of halogens is 1. The van der Waals surface area contributed by atoms with Gasteiger partial charge in [-0.05, 0) is 46.8 Å². The fourth-order valence-electron chi connectivity index (χ4n) is 1.93. The van der Waals surface area contributed by atoms with Crippen LogP contribution in [0.15, 0.2) is 22.9 Å². The van der Waals surface area contributed by atoms with E-state index in [2.05, 4.69) is 31.5 Å². The first kappa shape index (κ1) is 12.5. The van der Waals surface area contributed by atoms with Crippen molar-refractivity contribution in [3.63, 3.8) is 0 Å². The maximum absolute atomic E-state index is 11.7. The molecule has 2 heterocycles. The van der Waals surface area contributed by atoms with E-state index in [9.17, 15) is 4.79 Å². The number of nitrogens with one attached hydrogen (secondary N) is 2. The van der Waals surface area contributed by atoms with Crippen LogP contribution in [0.3, 0.4) is 0 Å². The maximum Gasteiger partial charge on any atom is 0.237 e. The Balaban J connectivity index is 1.90. The summed E-state index contributed by atoms with van der Waals surface area (Å²) >= 11 is 3.38. The number of rotatable bonds is 3. The van der Waals surface area contributed by atoms with Gasteiger partial charge >= 0.3 is 0 Å². The normalized spacial score (nSPS) is 20.8. The van der Waals surface area contributed by atoms with Gasteiger partial charge in [-0.2, -0.15) is 0 Å². The summed E-state index contributed by atoms with van der Waals surface area (Å²) in [6.07, 6.45) is 6.64. The summed E-state index contributed by atoms with van der Waals surface area (Å²) in [5.41, 5.74) is 1.08. The van der Waals surface area contributed by atoms with E-state index >= 15 is 0 Å². The zero-order chi connectivity index (χ0) is 12.1. The van der Waals surface area contributed by atoms with Gasteiger partial charge in [0.15, 0.2) is 0 Å². The van der Waals surface area contributed by atoms with E-state index < -0.39 is 0 Å². The molecule has 0 bridgehead atoms. The quantitative estimate of drug-likeness (QED) is 0.891. The fraction of sp³-hybridized carbons (Fsp3) is 0.500. The summed E-state index contributed by atoms with van der Waals surface area (Å²) < 4.78 is 0.960. The Morgan fingerprint density at radius 1 is 1.47 bits per heavy atom. The van der Waals surface area contributed by atoms with Crippen LogP contribution in [0, 0.1) is 0 Å². The summed E-state index contributed by atoms with van der Waals surface area (Å²) in [4.78, 5) is 15.8. The van der Waals surface area contributed by atoms with Crippen LogP contribution in [0.2, 0.25) is 0 Å². The molecule has 17 heavy (non-hydrogen) atoms. The minimum atomic E-state index is -0.0727. The molecule has 0 saturated carbocycles. The van der Waals surface area contributed by atoms with Gasteiger partial charge in [0, 0.05) is 30.0 Å². The number of carbonyl (C=O) groups is 1. The number of pyridine rings is 1. The average molecular weight is 298 g/mol. The third-order valence-electron chi connectivity index (χ3n) is 2.85. The van der Waals surface area contributed by atoms with Crippen molar-refractivity contribution in [3.8, 4) is 0 Å². The fourth-order valence-corrected chi connectivity index (χ4v) is 2.34. The highest BCUT2D eigenvalue weighted by molar-refractivity contribution is 9.10. The molecule has 1 aromatic rings. The lowest BCUT2D eigenvalue weighted by molar-refractivity contribution is -0.122. The topological polar surface area (TPSA) is 54.0 Å². The van der Waals surface area contributed by atoms with E-state index in [1.54, 1.807) is 6.20 Å². The van der Waals surface area contributed by atoms with Crippen molar-refractivity contribution in [2.45, 2.75) is 31.8 Å². The van der Waals surface area contributed by atoms with Crippen molar-refractivity contribution < 1.29 is 4.79 Å². The van der Waals surface area contributed by atoms with Crippen LogP contribution < -0.4 is 10.6 Å². The van der Waals surface area contributed by atoms with E-state index in [1.807, 2.05) is 12.3 Å². The molecule has 0 aliphatic carbocycles. The van der Waals surface area contributed by atoms with Crippen LogP contribution in [0.5, 0.6) is 0 Å². The molecule has 1 fully saturated rings. The van der Waals surface area contributed by atoms with Gasteiger partial charge in [0.2, 0.25) is 5.91 Å². The predicted molar refractivity (Wildman–Crippen MR) is 69.4 cm³/mol. The first-order chi connectivity index (χ1) is 8.25. The molecule has 1 amide bonds. The number of hydrogen-bond acceptors (Lipinski definition) is 3. The first-order valence-electron chi connectivity index (χ1n) is 5.86. The number of aromatic nitrogens is 1. The molecule has 4 nitrogen and oxygen atoms in total. The van der Waals surface area contributed by atoms with E-state index in [1.165, 1.54) is 0 Å². The summed E-state index contributed by atoms with van der Waals surface area (Å²) in [6.45, 7) is 1.47. The smallest absolute Gasteiger partial charge is 0.237 e. The lowest BCUT2D eigenvalue weighted by Gasteiger charge is -2.15. The number of nitrogens with zero attached hydrogens (tertiary/aromatic N) is 1. The van der Waals surface area contributed by atoms with Crippen LogP contribution in [0.4, 0.5) is 0 Å². The third kappa shape index (κ3) is 3.78. The molecule has 1 aliphatic rings. The largest absolute Gasteiger partial charge is 0.355 e. The molecule has 5 heteroatoms. The standard InChI is InChI=1S/C12H16BrN3O/c13-10-5-9(6-14-8-10)7-16-11-3-1-2-4-15-12(11)17/h5-6,8,11,16H,1-4,7H2,(H,15,17). The zero-order valence-electron chi connectivity index (χ0n) is 9.58. The summed E-state index contributed by atoms with van der Waals surface area (Å²) in [5.74, 6) is 0.116. The van der Waals surface area contributed by atoms with E-state index in [4.69, 9.17) is 0 Å². The summed E-state index contributed by atoms with van der Waals surface area (Å²) in [7, 11) is 0.